The molecular formula is C21H24F2N2O7. The first-order valence-electron chi connectivity index (χ1n) is 9.24. The molecule has 2 aromatic rings. The van der Waals surface area contributed by atoms with Crippen molar-refractivity contribution in [1.82, 2.24) is 4.90 Å². The lowest BCUT2D eigenvalue weighted by molar-refractivity contribution is -0.120. The number of rotatable bonds is 11. The van der Waals surface area contributed by atoms with Gasteiger partial charge in [0.15, 0.2) is 29.6 Å². The smallest absolute Gasteiger partial charge is 0.387 e. The number of halogens is 2. The SMILES string of the molecule is COc1ccc(CN(C)C(=O)c2cc(OC)c(OCC(N)=O)c(OC)c2)cc1OC(F)F. The van der Waals surface area contributed by atoms with Crippen molar-refractivity contribution >= 4 is 11.8 Å². The van der Waals surface area contributed by atoms with Gasteiger partial charge in [-0.15, -0.1) is 0 Å². The molecule has 0 aliphatic rings. The highest BCUT2D eigenvalue weighted by Crippen LogP contribution is 2.39. The van der Waals surface area contributed by atoms with Gasteiger partial charge in [-0.25, -0.2) is 0 Å². The third-order valence-corrected chi connectivity index (χ3v) is 4.28. The summed E-state index contributed by atoms with van der Waals surface area (Å²) in [5.41, 5.74) is 5.86. The molecule has 0 bridgehead atoms. The van der Waals surface area contributed by atoms with Crippen LogP contribution in [-0.2, 0) is 11.3 Å². The Bertz CT molecular complexity index is 944. The Hall–Kier alpha value is -3.76. The van der Waals surface area contributed by atoms with Crippen LogP contribution in [0, 0.1) is 0 Å². The van der Waals surface area contributed by atoms with E-state index in [1.807, 2.05) is 0 Å². The van der Waals surface area contributed by atoms with Crippen LogP contribution in [0.4, 0.5) is 8.78 Å². The van der Waals surface area contributed by atoms with Crippen molar-refractivity contribution in [2.24, 2.45) is 5.73 Å². The predicted octanol–water partition coefficient (Wildman–Crippen LogP) is 2.45. The topological polar surface area (TPSA) is 110 Å². The van der Waals surface area contributed by atoms with Crippen molar-refractivity contribution in [1.29, 1.82) is 0 Å². The van der Waals surface area contributed by atoms with E-state index in [2.05, 4.69) is 4.74 Å². The molecule has 0 atom stereocenters. The molecule has 2 aromatic carbocycles. The molecule has 2 amide bonds. The minimum absolute atomic E-state index is 0.0903. The maximum Gasteiger partial charge on any atom is 0.387 e. The van der Waals surface area contributed by atoms with Gasteiger partial charge in [0.25, 0.3) is 11.8 Å². The van der Waals surface area contributed by atoms with Crippen LogP contribution in [0.5, 0.6) is 28.7 Å². The van der Waals surface area contributed by atoms with Crippen LogP contribution in [0.25, 0.3) is 0 Å². The Balaban J connectivity index is 2.28. The van der Waals surface area contributed by atoms with Gasteiger partial charge in [0, 0.05) is 19.2 Å². The number of methoxy groups -OCH3 is 3. The van der Waals surface area contributed by atoms with Crippen molar-refractivity contribution in [2.45, 2.75) is 13.2 Å². The fraction of sp³-hybridized carbons (Fsp3) is 0.333. The summed E-state index contributed by atoms with van der Waals surface area (Å²) in [6.07, 6.45) is 0. The van der Waals surface area contributed by atoms with Gasteiger partial charge in [-0.3, -0.25) is 9.59 Å². The zero-order valence-corrected chi connectivity index (χ0v) is 18.0. The van der Waals surface area contributed by atoms with E-state index in [1.165, 1.54) is 57.5 Å². The summed E-state index contributed by atoms with van der Waals surface area (Å²) in [4.78, 5) is 25.4. The minimum atomic E-state index is -3.02. The molecule has 0 fully saturated rings. The summed E-state index contributed by atoms with van der Waals surface area (Å²) in [5, 5.41) is 0. The highest BCUT2D eigenvalue weighted by molar-refractivity contribution is 5.95. The molecule has 0 aliphatic carbocycles. The Labute approximate surface area is 183 Å². The Morgan fingerprint density at radius 3 is 2.06 bits per heavy atom. The molecule has 0 aliphatic heterocycles. The highest BCUT2D eigenvalue weighted by atomic mass is 19.3. The molecule has 0 unspecified atom stereocenters. The zero-order chi connectivity index (χ0) is 23.8. The summed E-state index contributed by atoms with van der Waals surface area (Å²) in [5.74, 6) is -0.640. The van der Waals surface area contributed by atoms with Crippen molar-refractivity contribution in [3.05, 3.63) is 41.5 Å². The lowest BCUT2D eigenvalue weighted by Gasteiger charge is -2.20. The molecule has 32 heavy (non-hydrogen) atoms. The van der Waals surface area contributed by atoms with Crippen LogP contribution < -0.4 is 29.4 Å². The number of carbonyl (C=O) groups excluding carboxylic acids is 2. The Morgan fingerprint density at radius 2 is 1.56 bits per heavy atom. The fourth-order valence-electron chi connectivity index (χ4n) is 2.86. The number of amides is 2. The Morgan fingerprint density at radius 1 is 0.969 bits per heavy atom. The van der Waals surface area contributed by atoms with Gasteiger partial charge in [0.2, 0.25) is 5.75 Å². The third-order valence-electron chi connectivity index (χ3n) is 4.28. The summed E-state index contributed by atoms with van der Waals surface area (Å²) < 4.78 is 50.6. The van der Waals surface area contributed by atoms with Crippen molar-refractivity contribution < 1.29 is 42.1 Å². The number of nitrogens with zero attached hydrogens (tertiary/aromatic N) is 1. The first-order valence-corrected chi connectivity index (χ1v) is 9.24. The van der Waals surface area contributed by atoms with Gasteiger partial charge in [-0.05, 0) is 29.8 Å². The quantitative estimate of drug-likeness (QED) is 0.555. The number of ether oxygens (including phenoxy) is 5. The van der Waals surface area contributed by atoms with E-state index < -0.39 is 25.0 Å². The van der Waals surface area contributed by atoms with Crippen LogP contribution in [0.3, 0.4) is 0 Å². The van der Waals surface area contributed by atoms with E-state index in [9.17, 15) is 18.4 Å². The van der Waals surface area contributed by atoms with Crippen molar-refractivity contribution in [3.63, 3.8) is 0 Å². The summed E-state index contributed by atoms with van der Waals surface area (Å²) in [7, 11) is 5.61. The molecule has 174 valence electrons. The second-order valence-corrected chi connectivity index (χ2v) is 6.49. The lowest BCUT2D eigenvalue weighted by atomic mass is 10.1. The van der Waals surface area contributed by atoms with Crippen LogP contribution >= 0.6 is 0 Å². The van der Waals surface area contributed by atoms with E-state index in [4.69, 9.17) is 24.7 Å². The van der Waals surface area contributed by atoms with Crippen LogP contribution in [0.2, 0.25) is 0 Å². The van der Waals surface area contributed by atoms with Gasteiger partial charge < -0.3 is 34.3 Å². The predicted molar refractivity (Wildman–Crippen MR) is 110 cm³/mol. The molecule has 2 rings (SSSR count). The first kappa shape index (κ1) is 24.5. The molecular weight excluding hydrogens is 430 g/mol. The number of hydrogen-bond donors (Lipinski definition) is 1. The van der Waals surface area contributed by atoms with Gasteiger partial charge in [-0.1, -0.05) is 6.07 Å². The van der Waals surface area contributed by atoms with Crippen LogP contribution in [0.15, 0.2) is 30.3 Å². The average Bonchev–Trinajstić information content (AvgIpc) is 2.76. The molecule has 0 saturated carbocycles. The number of alkyl halides is 2. The standard InChI is InChI=1S/C21H24F2N2O7/c1-25(10-12-5-6-14(28-2)15(7-12)32-21(22)23)20(27)13-8-16(29-3)19(17(9-13)30-4)31-11-18(24)26/h5-9,21H,10-11H2,1-4H3,(H2,24,26). The largest absolute Gasteiger partial charge is 0.493 e. The second kappa shape index (κ2) is 11.0. The van der Waals surface area contributed by atoms with E-state index in [1.54, 1.807) is 6.07 Å². The Kier molecular flexibility index (Phi) is 8.45. The molecule has 9 nitrogen and oxygen atoms in total. The molecule has 0 aromatic heterocycles. The lowest BCUT2D eigenvalue weighted by Crippen LogP contribution is -2.26. The van der Waals surface area contributed by atoms with E-state index in [0.717, 1.165) is 0 Å². The van der Waals surface area contributed by atoms with Crippen molar-refractivity contribution in [2.75, 3.05) is 35.0 Å². The van der Waals surface area contributed by atoms with E-state index in [-0.39, 0.29) is 40.9 Å². The first-order chi connectivity index (χ1) is 15.2. The number of carbonyl (C=O) groups is 2. The zero-order valence-electron chi connectivity index (χ0n) is 18.0. The fourth-order valence-corrected chi connectivity index (χ4v) is 2.86. The average molecular weight is 454 g/mol. The summed E-state index contributed by atoms with van der Waals surface area (Å²) in [6.45, 7) is -3.33. The molecule has 0 radical (unpaired) electrons. The molecule has 2 N–H and O–H groups in total. The van der Waals surface area contributed by atoms with Crippen molar-refractivity contribution in [3.8, 4) is 28.7 Å². The number of benzene rings is 2. The summed E-state index contributed by atoms with van der Waals surface area (Å²) in [6, 6.07) is 7.33. The maximum atomic E-state index is 13.0. The van der Waals surface area contributed by atoms with Gasteiger partial charge in [0.1, 0.15) is 0 Å². The van der Waals surface area contributed by atoms with Gasteiger partial charge in [0.05, 0.1) is 21.3 Å². The highest BCUT2D eigenvalue weighted by Gasteiger charge is 2.21. The molecule has 0 saturated heterocycles. The van der Waals surface area contributed by atoms with Crippen LogP contribution in [0.1, 0.15) is 15.9 Å². The number of nitrogens with two attached hydrogens (primary N) is 1. The second-order valence-electron chi connectivity index (χ2n) is 6.49. The minimum Gasteiger partial charge on any atom is -0.493 e. The van der Waals surface area contributed by atoms with Gasteiger partial charge in [-0.2, -0.15) is 8.78 Å². The molecule has 11 heteroatoms. The molecule has 0 heterocycles. The van der Waals surface area contributed by atoms with Gasteiger partial charge >= 0.3 is 6.61 Å². The normalized spacial score (nSPS) is 10.5. The van der Waals surface area contributed by atoms with E-state index >= 15 is 0 Å². The monoisotopic (exact) mass is 454 g/mol. The maximum absolute atomic E-state index is 13.0. The number of primary amides is 1. The van der Waals surface area contributed by atoms with Crippen LogP contribution in [-0.4, -0.2) is 58.3 Å². The third kappa shape index (κ3) is 6.13. The molecule has 0 spiro atoms. The van der Waals surface area contributed by atoms with E-state index in [0.29, 0.717) is 5.56 Å². The summed E-state index contributed by atoms with van der Waals surface area (Å²) >= 11 is 0. The number of hydrogen-bond acceptors (Lipinski definition) is 7.